The number of esters is 1. The largest absolute Gasteiger partial charge is 0.453 e. The van der Waals surface area contributed by atoms with Gasteiger partial charge in [0.25, 0.3) is 5.91 Å². The van der Waals surface area contributed by atoms with E-state index in [1.165, 1.54) is 6.42 Å². The molecular weight excluding hydrogens is 386 g/mol. The van der Waals surface area contributed by atoms with Crippen LogP contribution in [0.3, 0.4) is 0 Å². The van der Waals surface area contributed by atoms with E-state index >= 15 is 0 Å². The lowest BCUT2D eigenvalue weighted by molar-refractivity contribution is -0.155. The number of carbonyl (C=O) groups is 3. The van der Waals surface area contributed by atoms with Crippen molar-refractivity contribution in [2.45, 2.75) is 64.0 Å². The van der Waals surface area contributed by atoms with Crippen molar-refractivity contribution < 1.29 is 19.1 Å². The maximum atomic E-state index is 12.1. The second kappa shape index (κ2) is 9.70. The third kappa shape index (κ3) is 6.61. The highest BCUT2D eigenvalue weighted by atomic mass is 79.9. The molecule has 0 bridgehead atoms. The summed E-state index contributed by atoms with van der Waals surface area (Å²) in [5.74, 6) is -0.917. The Bertz CT molecular complexity index is 608. The lowest BCUT2D eigenvalue weighted by Crippen LogP contribution is -2.42. The van der Waals surface area contributed by atoms with Crippen LogP contribution in [0.5, 0.6) is 0 Å². The van der Waals surface area contributed by atoms with Gasteiger partial charge in [0.2, 0.25) is 0 Å². The van der Waals surface area contributed by atoms with Crippen LogP contribution >= 0.6 is 15.9 Å². The number of ketones is 1. The molecular formula is C19H24BrNO4. The number of ether oxygens (including phenoxy) is 1. The van der Waals surface area contributed by atoms with Crippen LogP contribution in [0.2, 0.25) is 0 Å². The average Bonchev–Trinajstić information content (AvgIpc) is 2.61. The fraction of sp³-hybridized carbons (Fsp3) is 0.526. The second-order valence-corrected chi connectivity index (χ2v) is 7.32. The second-order valence-electron chi connectivity index (χ2n) is 6.41. The van der Waals surface area contributed by atoms with E-state index in [1.807, 2.05) is 0 Å². The smallest absolute Gasteiger partial charge is 0.307 e. The van der Waals surface area contributed by atoms with Gasteiger partial charge in [-0.05, 0) is 31.9 Å². The van der Waals surface area contributed by atoms with E-state index in [0.29, 0.717) is 5.56 Å². The fourth-order valence-electron chi connectivity index (χ4n) is 2.87. The summed E-state index contributed by atoms with van der Waals surface area (Å²) in [5, 5.41) is 2.93. The lowest BCUT2D eigenvalue weighted by Gasteiger charge is -2.24. The predicted octanol–water partition coefficient (Wildman–Crippen LogP) is 3.79. The minimum Gasteiger partial charge on any atom is -0.453 e. The van der Waals surface area contributed by atoms with E-state index in [2.05, 4.69) is 21.2 Å². The minimum atomic E-state index is -0.836. The van der Waals surface area contributed by atoms with Gasteiger partial charge in [-0.25, -0.2) is 0 Å². The van der Waals surface area contributed by atoms with Gasteiger partial charge in [-0.15, -0.1) is 0 Å². The first-order chi connectivity index (χ1) is 12.0. The molecule has 1 aromatic carbocycles. The van der Waals surface area contributed by atoms with Crippen LogP contribution in [0.4, 0.5) is 0 Å². The molecule has 2 rings (SSSR count). The van der Waals surface area contributed by atoms with Crippen LogP contribution < -0.4 is 5.32 Å². The third-order valence-corrected chi connectivity index (χ3v) is 4.88. The molecule has 6 heteroatoms. The standard InChI is InChI=1S/C19H24BrNO4/c1-13(19(24)21-16-5-3-2-4-6-16)25-18(23)12-11-17(22)14-7-9-15(20)10-8-14/h7-10,13,16H,2-6,11-12H2,1H3,(H,21,24). The number of Topliss-reactive ketones (excluding diaryl/α,β-unsaturated/α-hetero) is 1. The summed E-state index contributed by atoms with van der Waals surface area (Å²) in [7, 11) is 0. The number of halogens is 1. The van der Waals surface area contributed by atoms with Crippen molar-refractivity contribution in [1.29, 1.82) is 0 Å². The zero-order valence-electron chi connectivity index (χ0n) is 14.4. The predicted molar refractivity (Wildman–Crippen MR) is 98.3 cm³/mol. The molecule has 0 spiro atoms. The van der Waals surface area contributed by atoms with Crippen molar-refractivity contribution in [3.63, 3.8) is 0 Å². The van der Waals surface area contributed by atoms with Crippen LogP contribution in [-0.2, 0) is 14.3 Å². The van der Waals surface area contributed by atoms with Gasteiger partial charge in [-0.2, -0.15) is 0 Å². The third-order valence-electron chi connectivity index (χ3n) is 4.35. The Balaban J connectivity index is 1.72. The number of nitrogens with one attached hydrogen (secondary N) is 1. The highest BCUT2D eigenvalue weighted by Crippen LogP contribution is 2.17. The Kier molecular flexibility index (Phi) is 7.62. The van der Waals surface area contributed by atoms with Gasteiger partial charge in [-0.1, -0.05) is 47.3 Å². The fourth-order valence-corrected chi connectivity index (χ4v) is 3.14. The number of amides is 1. The van der Waals surface area contributed by atoms with Crippen LogP contribution in [0, 0.1) is 0 Å². The molecule has 0 aromatic heterocycles. The molecule has 0 saturated heterocycles. The summed E-state index contributed by atoms with van der Waals surface area (Å²) in [6, 6.07) is 7.16. The number of hydrogen-bond acceptors (Lipinski definition) is 4. The van der Waals surface area contributed by atoms with Gasteiger partial charge in [0.05, 0.1) is 6.42 Å². The molecule has 1 N–H and O–H groups in total. The minimum absolute atomic E-state index is 0.0318. The SMILES string of the molecule is CC(OC(=O)CCC(=O)c1ccc(Br)cc1)C(=O)NC1CCCCC1. The summed E-state index contributed by atoms with van der Waals surface area (Å²) in [5.41, 5.74) is 0.555. The van der Waals surface area contributed by atoms with E-state index in [-0.39, 0.29) is 30.6 Å². The Hall–Kier alpha value is -1.69. The number of benzene rings is 1. The van der Waals surface area contributed by atoms with Gasteiger partial charge in [0.1, 0.15) is 0 Å². The van der Waals surface area contributed by atoms with Crippen molar-refractivity contribution in [2.24, 2.45) is 0 Å². The van der Waals surface area contributed by atoms with E-state index < -0.39 is 12.1 Å². The normalized spacial score (nSPS) is 16.1. The molecule has 1 unspecified atom stereocenters. The van der Waals surface area contributed by atoms with Crippen LogP contribution in [0.25, 0.3) is 0 Å². The number of carbonyl (C=O) groups excluding carboxylic acids is 3. The zero-order valence-corrected chi connectivity index (χ0v) is 16.0. The van der Waals surface area contributed by atoms with Gasteiger partial charge in [-0.3, -0.25) is 14.4 Å². The highest BCUT2D eigenvalue weighted by molar-refractivity contribution is 9.10. The molecule has 0 radical (unpaired) electrons. The monoisotopic (exact) mass is 409 g/mol. The van der Waals surface area contributed by atoms with Crippen molar-refractivity contribution >= 4 is 33.6 Å². The van der Waals surface area contributed by atoms with Crippen molar-refractivity contribution in [1.82, 2.24) is 5.32 Å². The van der Waals surface area contributed by atoms with Crippen molar-refractivity contribution in [2.75, 3.05) is 0 Å². The molecule has 1 aliphatic rings. The molecule has 1 saturated carbocycles. The highest BCUT2D eigenvalue weighted by Gasteiger charge is 2.22. The molecule has 5 nitrogen and oxygen atoms in total. The average molecular weight is 410 g/mol. The summed E-state index contributed by atoms with van der Waals surface area (Å²) in [4.78, 5) is 36.0. The molecule has 25 heavy (non-hydrogen) atoms. The molecule has 0 heterocycles. The summed E-state index contributed by atoms with van der Waals surface area (Å²) >= 11 is 3.31. The van der Waals surface area contributed by atoms with Crippen molar-refractivity contribution in [3.8, 4) is 0 Å². The number of rotatable bonds is 7. The summed E-state index contributed by atoms with van der Waals surface area (Å²) in [6.45, 7) is 1.56. The lowest BCUT2D eigenvalue weighted by atomic mass is 9.95. The summed E-state index contributed by atoms with van der Waals surface area (Å²) < 4.78 is 6.04. The van der Waals surface area contributed by atoms with E-state index in [4.69, 9.17) is 4.74 Å². The van der Waals surface area contributed by atoms with Crippen LogP contribution in [-0.4, -0.2) is 29.8 Å². The first-order valence-corrected chi connectivity index (χ1v) is 9.53. The van der Waals surface area contributed by atoms with Crippen LogP contribution in [0.15, 0.2) is 28.7 Å². The van der Waals surface area contributed by atoms with E-state index in [1.54, 1.807) is 31.2 Å². The molecule has 0 aliphatic heterocycles. The Labute approximate surface area is 156 Å². The van der Waals surface area contributed by atoms with Gasteiger partial charge < -0.3 is 10.1 Å². The van der Waals surface area contributed by atoms with Crippen molar-refractivity contribution in [3.05, 3.63) is 34.3 Å². The Morgan fingerprint density at radius 1 is 1.12 bits per heavy atom. The Morgan fingerprint density at radius 3 is 2.40 bits per heavy atom. The maximum Gasteiger partial charge on any atom is 0.307 e. The van der Waals surface area contributed by atoms with E-state index in [9.17, 15) is 14.4 Å². The maximum absolute atomic E-state index is 12.1. The topological polar surface area (TPSA) is 72.5 Å². The quantitative estimate of drug-likeness (QED) is 0.549. The first-order valence-electron chi connectivity index (χ1n) is 8.74. The van der Waals surface area contributed by atoms with Gasteiger partial charge >= 0.3 is 5.97 Å². The molecule has 136 valence electrons. The molecule has 1 atom stereocenters. The molecule has 1 fully saturated rings. The molecule has 1 aromatic rings. The Morgan fingerprint density at radius 2 is 1.76 bits per heavy atom. The van der Waals surface area contributed by atoms with Crippen LogP contribution in [0.1, 0.15) is 62.2 Å². The first kappa shape index (κ1) is 19.6. The van der Waals surface area contributed by atoms with Gasteiger partial charge in [0.15, 0.2) is 11.9 Å². The van der Waals surface area contributed by atoms with Gasteiger partial charge in [0, 0.05) is 22.5 Å². The number of hydrogen-bond donors (Lipinski definition) is 1. The molecule has 1 aliphatic carbocycles. The molecule has 1 amide bonds. The summed E-state index contributed by atoms with van der Waals surface area (Å²) in [6.07, 6.45) is 4.62. The van der Waals surface area contributed by atoms with E-state index in [0.717, 1.165) is 30.2 Å². The zero-order chi connectivity index (χ0) is 18.2.